The number of nitrogens with one attached hydrogen (secondary N) is 1. The van der Waals surface area contributed by atoms with Crippen LogP contribution in [0.5, 0.6) is 0 Å². The number of amidine groups is 2. The standard InChI is InChI=1S/C33H25N5.C11H10.H2S/c1-22-25-13-4-2-11-24(25)20-21-38(30-18-7-6-14-26(22)30)31-19-9-17-29(36-31)33(35)37-32(34)28-16-8-12-23-10-3-5-15-27(23)28;1-9-5-4-7-10-6-2-3-8-11(9)10;/h2-21H,1H2,(H3,34,35,37);2-8H,1H3;1H2/b21-20-;;. The molecule has 1 aliphatic rings. The molecular weight excluding hydrogens is 631 g/mol. The SMILES string of the molecule is C=C1c2ccccc2/C=C\N(c2cccc(C(=N)N=C(N)c3cccc4ccccc34)n2)c2ccccc21.Cc1cccc2ccccc12.S. The number of benzene rings is 6. The number of anilines is 2. The molecule has 1 aromatic heterocycles. The maximum atomic E-state index is 8.70. The maximum absolute atomic E-state index is 8.70. The van der Waals surface area contributed by atoms with Gasteiger partial charge in [0.25, 0.3) is 0 Å². The largest absolute Gasteiger partial charge is 0.383 e. The number of hydrogen-bond acceptors (Lipinski definition) is 3. The second-order valence-electron chi connectivity index (χ2n) is 11.8. The molecule has 0 radical (unpaired) electrons. The molecule has 0 saturated carbocycles. The van der Waals surface area contributed by atoms with Crippen molar-refractivity contribution in [3.63, 3.8) is 0 Å². The number of rotatable bonds is 3. The summed E-state index contributed by atoms with van der Waals surface area (Å²) in [5, 5.41) is 13.4. The average Bonchev–Trinajstić information content (AvgIpc) is 3.15. The van der Waals surface area contributed by atoms with Crippen LogP contribution in [0.2, 0.25) is 0 Å². The number of nitrogens with two attached hydrogens (primary N) is 1. The van der Waals surface area contributed by atoms with Crippen LogP contribution in [0.4, 0.5) is 11.5 Å². The lowest BCUT2D eigenvalue weighted by Gasteiger charge is -2.26. The first-order valence-electron chi connectivity index (χ1n) is 16.2. The lowest BCUT2D eigenvalue weighted by atomic mass is 9.92. The Morgan fingerprint density at radius 1 is 0.680 bits per heavy atom. The molecule has 7 aromatic rings. The summed E-state index contributed by atoms with van der Waals surface area (Å²) < 4.78 is 0. The van der Waals surface area contributed by atoms with Crippen LogP contribution in [0.3, 0.4) is 0 Å². The number of pyridine rings is 1. The van der Waals surface area contributed by atoms with Crippen LogP contribution in [0.1, 0.15) is 33.5 Å². The number of aryl methyl sites for hydroxylation is 1. The van der Waals surface area contributed by atoms with Gasteiger partial charge < -0.3 is 10.6 Å². The third-order valence-electron chi connectivity index (χ3n) is 8.71. The Morgan fingerprint density at radius 2 is 1.28 bits per heavy atom. The van der Waals surface area contributed by atoms with E-state index in [4.69, 9.17) is 16.1 Å². The number of nitrogens with zero attached hydrogens (tertiary/aromatic N) is 3. The van der Waals surface area contributed by atoms with Crippen molar-refractivity contribution in [3.05, 3.63) is 198 Å². The average molecular weight is 668 g/mol. The zero-order chi connectivity index (χ0) is 33.7. The fourth-order valence-corrected chi connectivity index (χ4v) is 6.20. The minimum atomic E-state index is -0.00338. The van der Waals surface area contributed by atoms with Crippen LogP contribution in [0.15, 0.2) is 169 Å². The van der Waals surface area contributed by atoms with E-state index in [9.17, 15) is 0 Å². The van der Waals surface area contributed by atoms with Gasteiger partial charge in [-0.05, 0) is 75.0 Å². The van der Waals surface area contributed by atoms with E-state index >= 15 is 0 Å². The van der Waals surface area contributed by atoms with Crippen molar-refractivity contribution in [1.29, 1.82) is 5.41 Å². The molecule has 0 bridgehead atoms. The Hall–Kier alpha value is -6.24. The Kier molecular flexibility index (Phi) is 10.0. The molecule has 2 heterocycles. The second kappa shape index (κ2) is 14.9. The third-order valence-corrected chi connectivity index (χ3v) is 8.71. The molecule has 0 saturated heterocycles. The zero-order valence-electron chi connectivity index (χ0n) is 27.7. The molecule has 6 aromatic carbocycles. The highest BCUT2D eigenvalue weighted by molar-refractivity contribution is 7.59. The van der Waals surface area contributed by atoms with Crippen molar-refractivity contribution in [2.24, 2.45) is 10.7 Å². The van der Waals surface area contributed by atoms with Crippen molar-refractivity contribution in [2.75, 3.05) is 4.90 Å². The van der Waals surface area contributed by atoms with Gasteiger partial charge >= 0.3 is 0 Å². The molecule has 6 heteroatoms. The molecule has 0 unspecified atom stereocenters. The molecule has 0 spiro atoms. The fraction of sp³-hybridized carbons (Fsp3) is 0.0227. The topological polar surface area (TPSA) is 78.4 Å². The summed E-state index contributed by atoms with van der Waals surface area (Å²) >= 11 is 0. The van der Waals surface area contributed by atoms with E-state index in [1.165, 1.54) is 16.3 Å². The van der Waals surface area contributed by atoms with Crippen LogP contribution in [-0.4, -0.2) is 16.7 Å². The zero-order valence-corrected chi connectivity index (χ0v) is 28.7. The van der Waals surface area contributed by atoms with E-state index in [0.717, 1.165) is 44.3 Å². The number of aliphatic imine (C=N–C) groups is 1. The van der Waals surface area contributed by atoms with Crippen molar-refractivity contribution in [1.82, 2.24) is 4.98 Å². The molecule has 0 amide bonds. The highest BCUT2D eigenvalue weighted by atomic mass is 32.1. The maximum Gasteiger partial charge on any atom is 0.172 e. The summed E-state index contributed by atoms with van der Waals surface area (Å²) in [7, 11) is 0. The van der Waals surface area contributed by atoms with Crippen LogP contribution in [-0.2, 0) is 0 Å². The van der Waals surface area contributed by atoms with Crippen molar-refractivity contribution < 1.29 is 0 Å². The van der Waals surface area contributed by atoms with E-state index in [-0.39, 0.29) is 25.2 Å². The van der Waals surface area contributed by atoms with Gasteiger partial charge in [-0.2, -0.15) is 13.5 Å². The summed E-state index contributed by atoms with van der Waals surface area (Å²) in [6.07, 6.45) is 4.07. The van der Waals surface area contributed by atoms with Gasteiger partial charge in [0.1, 0.15) is 17.3 Å². The highest BCUT2D eigenvalue weighted by Gasteiger charge is 2.19. The molecule has 0 aliphatic carbocycles. The van der Waals surface area contributed by atoms with Crippen molar-refractivity contribution >= 4 is 69.9 Å². The van der Waals surface area contributed by atoms with Crippen LogP contribution in [0, 0.1) is 12.3 Å². The summed E-state index contributed by atoms with van der Waals surface area (Å²) in [6.45, 7) is 6.55. The molecule has 5 nitrogen and oxygen atoms in total. The van der Waals surface area contributed by atoms with Gasteiger partial charge in [-0.25, -0.2) is 9.98 Å². The monoisotopic (exact) mass is 667 g/mol. The van der Waals surface area contributed by atoms with Crippen LogP contribution < -0.4 is 10.6 Å². The van der Waals surface area contributed by atoms with Crippen LogP contribution in [0.25, 0.3) is 33.2 Å². The molecule has 244 valence electrons. The fourth-order valence-electron chi connectivity index (χ4n) is 6.20. The lowest BCUT2D eigenvalue weighted by molar-refractivity contribution is 1.15. The summed E-state index contributed by atoms with van der Waals surface area (Å²) in [5.74, 6) is 0.946. The Bertz CT molecular complexity index is 2420. The Balaban J connectivity index is 0.000000306. The summed E-state index contributed by atoms with van der Waals surface area (Å²) in [4.78, 5) is 11.3. The van der Waals surface area contributed by atoms with Gasteiger partial charge in [0, 0.05) is 17.3 Å². The minimum Gasteiger partial charge on any atom is -0.383 e. The predicted molar refractivity (Wildman–Crippen MR) is 217 cm³/mol. The van der Waals surface area contributed by atoms with Crippen LogP contribution >= 0.6 is 13.5 Å². The Morgan fingerprint density at radius 3 is 2.06 bits per heavy atom. The first-order chi connectivity index (χ1) is 24.0. The van der Waals surface area contributed by atoms with Gasteiger partial charge in [0.05, 0.1) is 5.69 Å². The molecule has 0 atom stereocenters. The molecule has 0 fully saturated rings. The number of para-hydroxylation sites is 1. The van der Waals surface area contributed by atoms with E-state index in [2.05, 4.69) is 91.3 Å². The van der Waals surface area contributed by atoms with Gasteiger partial charge in [0.2, 0.25) is 0 Å². The van der Waals surface area contributed by atoms with Gasteiger partial charge in [-0.1, -0.05) is 140 Å². The number of hydrogen-bond donors (Lipinski definition) is 2. The number of fused-ring (bicyclic) bond motifs is 4. The second-order valence-corrected chi connectivity index (χ2v) is 11.8. The van der Waals surface area contributed by atoms with E-state index in [0.29, 0.717) is 11.5 Å². The molecule has 3 N–H and O–H groups in total. The molecule has 1 aliphatic heterocycles. The van der Waals surface area contributed by atoms with Gasteiger partial charge in [-0.3, -0.25) is 5.41 Å². The molecule has 8 rings (SSSR count). The summed E-state index contributed by atoms with van der Waals surface area (Å²) in [5.41, 5.74) is 14.1. The first kappa shape index (κ1) is 33.7. The van der Waals surface area contributed by atoms with Crippen molar-refractivity contribution in [2.45, 2.75) is 6.92 Å². The quantitative estimate of drug-likeness (QED) is 0.145. The molecular formula is C44H37N5S. The minimum absolute atomic E-state index is 0. The van der Waals surface area contributed by atoms with E-state index < -0.39 is 0 Å². The summed E-state index contributed by atoms with van der Waals surface area (Å²) in [6, 6.07) is 50.7. The van der Waals surface area contributed by atoms with Gasteiger partial charge in [0.15, 0.2) is 5.84 Å². The third kappa shape index (κ3) is 6.83. The normalized spacial score (nSPS) is 12.8. The Labute approximate surface area is 299 Å². The molecule has 50 heavy (non-hydrogen) atoms. The van der Waals surface area contributed by atoms with E-state index in [1.54, 1.807) is 6.07 Å². The lowest BCUT2D eigenvalue weighted by Crippen LogP contribution is -2.18. The number of aromatic nitrogens is 1. The first-order valence-corrected chi connectivity index (χ1v) is 16.2. The smallest absolute Gasteiger partial charge is 0.172 e. The van der Waals surface area contributed by atoms with Crippen molar-refractivity contribution in [3.8, 4) is 0 Å². The predicted octanol–water partition coefficient (Wildman–Crippen LogP) is 10.4. The van der Waals surface area contributed by atoms with Gasteiger partial charge in [-0.15, -0.1) is 0 Å². The highest BCUT2D eigenvalue weighted by Crippen LogP contribution is 2.38. The van der Waals surface area contributed by atoms with E-state index in [1.807, 2.05) is 90.0 Å².